The quantitative estimate of drug-likeness (QED) is 0.644. The normalized spacial score (nSPS) is 13.4. The minimum Gasteiger partial charge on any atom is -0.421 e. The molecule has 0 spiro atoms. The summed E-state index contributed by atoms with van der Waals surface area (Å²) in [6.07, 6.45) is 0. The summed E-state index contributed by atoms with van der Waals surface area (Å²) in [5, 5.41) is 0. The van der Waals surface area contributed by atoms with E-state index in [0.717, 1.165) is 11.7 Å². The second-order valence-electron chi connectivity index (χ2n) is 3.81. The number of rotatable bonds is 6. The second-order valence-corrected chi connectivity index (χ2v) is 12.5. The van der Waals surface area contributed by atoms with Crippen LogP contribution in [-0.4, -0.2) is 38.2 Å². The first-order chi connectivity index (χ1) is 5.95. The average Bonchev–Trinajstić information content (AvgIpc) is 2.14. The van der Waals surface area contributed by atoms with Crippen LogP contribution < -0.4 is 0 Å². The first-order valence-corrected chi connectivity index (χ1v) is 9.95. The molecule has 0 fully saturated rings. The molecule has 0 N–H and O–H groups in total. The van der Waals surface area contributed by atoms with Crippen LogP contribution in [-0.2, 0) is 13.3 Å². The van der Waals surface area contributed by atoms with E-state index < -0.39 is 16.9 Å². The fourth-order valence-corrected chi connectivity index (χ4v) is 10.0. The number of hydrogen-bond donors (Lipinski definition) is 0. The van der Waals surface area contributed by atoms with Gasteiger partial charge in [0.1, 0.15) is 0 Å². The van der Waals surface area contributed by atoms with Crippen molar-refractivity contribution in [1.29, 1.82) is 0 Å². The maximum atomic E-state index is 5.55. The van der Waals surface area contributed by atoms with Crippen LogP contribution in [0.5, 0.6) is 0 Å². The van der Waals surface area contributed by atoms with E-state index >= 15 is 0 Å². The standard InChI is InChI=1S/C8H22O3Si2/c1-7-13(10-3,11-4)8-12(5,6)9-2/h7-8H2,1-6H3. The molecule has 5 heteroatoms. The molecule has 0 saturated heterocycles. The third-order valence-electron chi connectivity index (χ3n) is 2.53. The molecule has 0 aliphatic rings. The molecular formula is C8H22O3Si2. The van der Waals surface area contributed by atoms with Gasteiger partial charge in [-0.3, -0.25) is 0 Å². The summed E-state index contributed by atoms with van der Waals surface area (Å²) in [5.41, 5.74) is 1.00. The van der Waals surface area contributed by atoms with E-state index in [4.69, 9.17) is 13.3 Å². The van der Waals surface area contributed by atoms with Crippen molar-refractivity contribution in [3.63, 3.8) is 0 Å². The summed E-state index contributed by atoms with van der Waals surface area (Å²) < 4.78 is 16.6. The molecule has 0 aromatic carbocycles. The van der Waals surface area contributed by atoms with Crippen LogP contribution in [0.1, 0.15) is 6.92 Å². The third-order valence-corrected chi connectivity index (χ3v) is 11.8. The average molecular weight is 222 g/mol. The van der Waals surface area contributed by atoms with Gasteiger partial charge < -0.3 is 13.3 Å². The van der Waals surface area contributed by atoms with E-state index in [9.17, 15) is 0 Å². The van der Waals surface area contributed by atoms with Gasteiger partial charge in [-0.15, -0.1) is 0 Å². The lowest BCUT2D eigenvalue weighted by Gasteiger charge is -2.32. The summed E-state index contributed by atoms with van der Waals surface area (Å²) in [5.74, 6) is 0. The molecular weight excluding hydrogens is 200 g/mol. The van der Waals surface area contributed by atoms with Crippen molar-refractivity contribution in [3.8, 4) is 0 Å². The zero-order valence-electron chi connectivity index (χ0n) is 9.64. The van der Waals surface area contributed by atoms with Crippen LogP contribution in [0.2, 0.25) is 24.8 Å². The fraction of sp³-hybridized carbons (Fsp3) is 1.00. The van der Waals surface area contributed by atoms with Crippen molar-refractivity contribution in [3.05, 3.63) is 0 Å². The SMILES string of the molecule is CC[Si](C[Si](C)(C)OC)(OC)OC. The molecule has 0 unspecified atom stereocenters. The maximum absolute atomic E-state index is 5.55. The highest BCUT2D eigenvalue weighted by molar-refractivity contribution is 6.87. The van der Waals surface area contributed by atoms with E-state index in [1.54, 1.807) is 21.3 Å². The third kappa shape index (κ3) is 3.91. The van der Waals surface area contributed by atoms with Crippen molar-refractivity contribution in [2.45, 2.75) is 31.7 Å². The first kappa shape index (κ1) is 13.3. The van der Waals surface area contributed by atoms with Gasteiger partial charge >= 0.3 is 8.56 Å². The van der Waals surface area contributed by atoms with Gasteiger partial charge in [-0.1, -0.05) is 6.92 Å². The van der Waals surface area contributed by atoms with Crippen molar-refractivity contribution in [1.82, 2.24) is 0 Å². The Bertz CT molecular complexity index is 138. The topological polar surface area (TPSA) is 27.7 Å². The molecule has 0 amide bonds. The highest BCUT2D eigenvalue weighted by Gasteiger charge is 2.41. The van der Waals surface area contributed by atoms with Crippen LogP contribution in [0.15, 0.2) is 0 Å². The Morgan fingerprint density at radius 2 is 1.38 bits per heavy atom. The zero-order chi connectivity index (χ0) is 10.5. The minimum atomic E-state index is -1.94. The van der Waals surface area contributed by atoms with E-state index in [1.165, 1.54) is 0 Å². The second kappa shape index (κ2) is 5.26. The van der Waals surface area contributed by atoms with Gasteiger partial charge in [-0.25, -0.2) is 0 Å². The van der Waals surface area contributed by atoms with Crippen LogP contribution in [0, 0.1) is 0 Å². The summed E-state index contributed by atoms with van der Waals surface area (Å²) in [6.45, 7) is 6.52. The van der Waals surface area contributed by atoms with E-state index in [2.05, 4.69) is 20.0 Å². The zero-order valence-corrected chi connectivity index (χ0v) is 11.6. The smallest absolute Gasteiger partial charge is 0.336 e. The molecule has 0 radical (unpaired) electrons. The predicted octanol–water partition coefficient (Wildman–Crippen LogP) is 2.13. The Hall–Kier alpha value is 0.314. The molecule has 0 aromatic rings. The lowest BCUT2D eigenvalue weighted by atomic mass is 11.0. The molecule has 13 heavy (non-hydrogen) atoms. The fourth-order valence-electron chi connectivity index (χ4n) is 1.36. The van der Waals surface area contributed by atoms with Gasteiger partial charge in [0.05, 0.1) is 0 Å². The van der Waals surface area contributed by atoms with Crippen LogP contribution in [0.3, 0.4) is 0 Å². The lowest BCUT2D eigenvalue weighted by molar-refractivity contribution is 0.245. The van der Waals surface area contributed by atoms with Gasteiger partial charge in [0.15, 0.2) is 8.32 Å². The Kier molecular flexibility index (Phi) is 5.38. The van der Waals surface area contributed by atoms with Crippen LogP contribution >= 0.6 is 0 Å². The molecule has 0 rings (SSSR count). The summed E-state index contributed by atoms with van der Waals surface area (Å²) in [6, 6.07) is 0.986. The Morgan fingerprint density at radius 3 is 1.62 bits per heavy atom. The Morgan fingerprint density at radius 1 is 0.923 bits per heavy atom. The molecule has 0 aliphatic carbocycles. The van der Waals surface area contributed by atoms with Gasteiger partial charge in [0.2, 0.25) is 0 Å². The highest BCUT2D eigenvalue weighted by Crippen LogP contribution is 2.24. The largest absolute Gasteiger partial charge is 0.421 e. The van der Waals surface area contributed by atoms with E-state index in [1.807, 2.05) is 0 Å². The molecule has 0 aromatic heterocycles. The predicted molar refractivity (Wildman–Crippen MR) is 59.6 cm³/mol. The number of hydrogen-bond acceptors (Lipinski definition) is 3. The van der Waals surface area contributed by atoms with E-state index in [0.29, 0.717) is 0 Å². The molecule has 0 atom stereocenters. The minimum absolute atomic E-state index is 0.986. The Labute approximate surface area is 83.8 Å². The molecule has 3 nitrogen and oxygen atoms in total. The summed E-state index contributed by atoms with van der Waals surface area (Å²) >= 11 is 0. The monoisotopic (exact) mass is 222 g/mol. The van der Waals surface area contributed by atoms with Crippen molar-refractivity contribution in [2.24, 2.45) is 0 Å². The van der Waals surface area contributed by atoms with Crippen molar-refractivity contribution in [2.75, 3.05) is 21.3 Å². The first-order valence-electron chi connectivity index (χ1n) is 4.60. The summed E-state index contributed by atoms with van der Waals surface area (Å²) in [4.78, 5) is 0. The molecule has 0 saturated carbocycles. The van der Waals surface area contributed by atoms with E-state index in [-0.39, 0.29) is 0 Å². The van der Waals surface area contributed by atoms with Crippen molar-refractivity contribution >= 4 is 16.9 Å². The lowest BCUT2D eigenvalue weighted by Crippen LogP contribution is -2.48. The Balaban J connectivity index is 4.41. The molecule has 80 valence electrons. The van der Waals surface area contributed by atoms with Gasteiger partial charge in [-0.05, 0) is 19.1 Å². The highest BCUT2D eigenvalue weighted by atomic mass is 28.4. The molecule has 0 aliphatic heterocycles. The van der Waals surface area contributed by atoms with Gasteiger partial charge in [0.25, 0.3) is 0 Å². The maximum Gasteiger partial charge on any atom is 0.336 e. The van der Waals surface area contributed by atoms with Crippen molar-refractivity contribution < 1.29 is 13.3 Å². The van der Waals surface area contributed by atoms with Crippen LogP contribution in [0.4, 0.5) is 0 Å². The summed E-state index contributed by atoms with van der Waals surface area (Å²) in [7, 11) is 1.78. The van der Waals surface area contributed by atoms with Crippen LogP contribution in [0.25, 0.3) is 0 Å². The van der Waals surface area contributed by atoms with Gasteiger partial charge in [0, 0.05) is 27.0 Å². The van der Waals surface area contributed by atoms with Gasteiger partial charge in [-0.2, -0.15) is 0 Å². The molecule has 0 heterocycles. The molecule has 0 bridgehead atoms.